The fourth-order valence-electron chi connectivity index (χ4n) is 2.57. The van der Waals surface area contributed by atoms with E-state index in [-0.39, 0.29) is 18.4 Å². The van der Waals surface area contributed by atoms with Crippen LogP contribution in [-0.4, -0.2) is 37.5 Å². The van der Waals surface area contributed by atoms with Gasteiger partial charge in [-0.1, -0.05) is 29.8 Å². The summed E-state index contributed by atoms with van der Waals surface area (Å²) >= 11 is 0. The predicted molar refractivity (Wildman–Crippen MR) is 100 cm³/mol. The molecular weight excluding hydrogens is 332 g/mol. The number of nitrogens with zero attached hydrogens (tertiary/aromatic N) is 1. The first-order valence-electron chi connectivity index (χ1n) is 8.26. The summed E-state index contributed by atoms with van der Waals surface area (Å²) < 4.78 is 10.4. The lowest BCUT2D eigenvalue weighted by Gasteiger charge is -2.21. The molecular formula is C20H24N2O4. The average molecular weight is 356 g/mol. The van der Waals surface area contributed by atoms with Gasteiger partial charge in [0.05, 0.1) is 19.9 Å². The summed E-state index contributed by atoms with van der Waals surface area (Å²) in [5.41, 5.74) is 2.62. The van der Waals surface area contributed by atoms with E-state index in [4.69, 9.17) is 9.47 Å². The highest BCUT2D eigenvalue weighted by molar-refractivity contribution is 5.95. The van der Waals surface area contributed by atoms with Gasteiger partial charge in [-0.05, 0) is 24.6 Å². The average Bonchev–Trinajstić information content (AvgIpc) is 2.61. The number of aryl methyl sites for hydroxylation is 1. The molecule has 6 heteroatoms. The molecule has 0 heterocycles. The third-order valence-corrected chi connectivity index (χ3v) is 3.92. The summed E-state index contributed by atoms with van der Waals surface area (Å²) in [7, 11) is 3.08. The normalized spacial score (nSPS) is 10.2. The van der Waals surface area contributed by atoms with Gasteiger partial charge in [-0.2, -0.15) is 0 Å². The minimum Gasteiger partial charge on any atom is -0.497 e. The highest BCUT2D eigenvalue weighted by atomic mass is 16.5. The predicted octanol–water partition coefficient (Wildman–Crippen LogP) is 3.00. The van der Waals surface area contributed by atoms with Crippen LogP contribution < -0.4 is 14.8 Å². The molecule has 0 saturated carbocycles. The third kappa shape index (κ3) is 5.24. The number of amides is 2. The molecule has 2 aromatic rings. The Hall–Kier alpha value is -3.02. The monoisotopic (exact) mass is 356 g/mol. The maximum absolute atomic E-state index is 12.4. The number of carbonyl (C=O) groups excluding carboxylic acids is 2. The van der Waals surface area contributed by atoms with E-state index in [1.54, 1.807) is 25.3 Å². The molecule has 0 aliphatic rings. The molecule has 0 aliphatic carbocycles. The van der Waals surface area contributed by atoms with Gasteiger partial charge in [-0.25, -0.2) is 0 Å². The number of rotatable bonds is 7. The molecule has 0 saturated heterocycles. The molecule has 0 aliphatic heterocycles. The third-order valence-electron chi connectivity index (χ3n) is 3.92. The van der Waals surface area contributed by atoms with Crippen molar-refractivity contribution in [3.05, 3.63) is 53.6 Å². The van der Waals surface area contributed by atoms with Crippen LogP contribution in [0.5, 0.6) is 11.5 Å². The second-order valence-corrected chi connectivity index (χ2v) is 5.98. The SMILES string of the molecule is COc1ccc(NC(=O)CN(Cc2cccc(C)c2)C(C)=O)c(OC)c1. The van der Waals surface area contributed by atoms with Gasteiger partial charge in [0, 0.05) is 19.5 Å². The standard InChI is InChI=1S/C20H24N2O4/c1-14-6-5-7-16(10-14)12-22(15(2)23)13-20(24)21-18-9-8-17(25-3)11-19(18)26-4/h5-11H,12-13H2,1-4H3,(H,21,24). The van der Waals surface area contributed by atoms with Crippen molar-refractivity contribution >= 4 is 17.5 Å². The fourth-order valence-corrected chi connectivity index (χ4v) is 2.57. The van der Waals surface area contributed by atoms with E-state index in [9.17, 15) is 9.59 Å². The van der Waals surface area contributed by atoms with E-state index < -0.39 is 0 Å². The molecule has 0 atom stereocenters. The lowest BCUT2D eigenvalue weighted by Crippen LogP contribution is -2.36. The number of hydrogen-bond donors (Lipinski definition) is 1. The lowest BCUT2D eigenvalue weighted by molar-refractivity contribution is -0.133. The van der Waals surface area contributed by atoms with Crippen LogP contribution in [0.1, 0.15) is 18.1 Å². The van der Waals surface area contributed by atoms with Gasteiger partial charge in [-0.15, -0.1) is 0 Å². The zero-order valence-electron chi connectivity index (χ0n) is 15.5. The maximum Gasteiger partial charge on any atom is 0.244 e. The topological polar surface area (TPSA) is 67.9 Å². The van der Waals surface area contributed by atoms with Crippen LogP contribution in [0.4, 0.5) is 5.69 Å². The largest absolute Gasteiger partial charge is 0.497 e. The van der Waals surface area contributed by atoms with Gasteiger partial charge in [0.15, 0.2) is 0 Å². The van der Waals surface area contributed by atoms with E-state index in [0.717, 1.165) is 11.1 Å². The van der Waals surface area contributed by atoms with E-state index in [2.05, 4.69) is 5.32 Å². The molecule has 0 radical (unpaired) electrons. The van der Waals surface area contributed by atoms with Crippen LogP contribution in [0.2, 0.25) is 0 Å². The zero-order chi connectivity index (χ0) is 19.1. The number of hydrogen-bond acceptors (Lipinski definition) is 4. The van der Waals surface area contributed by atoms with Crippen LogP contribution >= 0.6 is 0 Å². The van der Waals surface area contributed by atoms with Crippen molar-refractivity contribution < 1.29 is 19.1 Å². The van der Waals surface area contributed by atoms with Crippen molar-refractivity contribution in [1.29, 1.82) is 0 Å². The Bertz CT molecular complexity index is 789. The molecule has 0 aromatic heterocycles. The van der Waals surface area contributed by atoms with Crippen molar-refractivity contribution in [2.45, 2.75) is 20.4 Å². The smallest absolute Gasteiger partial charge is 0.244 e. The van der Waals surface area contributed by atoms with Gasteiger partial charge in [0.25, 0.3) is 0 Å². The van der Waals surface area contributed by atoms with Crippen molar-refractivity contribution in [2.75, 3.05) is 26.1 Å². The van der Waals surface area contributed by atoms with Crippen LogP contribution in [0.3, 0.4) is 0 Å². The first-order chi connectivity index (χ1) is 12.4. The van der Waals surface area contributed by atoms with Crippen LogP contribution in [0.25, 0.3) is 0 Å². The Morgan fingerprint density at radius 1 is 1.08 bits per heavy atom. The van der Waals surface area contributed by atoms with E-state index in [0.29, 0.717) is 23.7 Å². The van der Waals surface area contributed by atoms with E-state index in [1.165, 1.54) is 18.9 Å². The number of carbonyl (C=O) groups is 2. The summed E-state index contributed by atoms with van der Waals surface area (Å²) in [5, 5.41) is 2.78. The Kier molecular flexibility index (Phi) is 6.60. The fraction of sp³-hybridized carbons (Fsp3) is 0.300. The van der Waals surface area contributed by atoms with Gasteiger partial charge in [0.1, 0.15) is 18.0 Å². The number of methoxy groups -OCH3 is 2. The molecule has 1 N–H and O–H groups in total. The van der Waals surface area contributed by atoms with Gasteiger partial charge < -0.3 is 19.7 Å². The van der Waals surface area contributed by atoms with Crippen molar-refractivity contribution in [3.63, 3.8) is 0 Å². The minimum absolute atomic E-state index is 0.0432. The zero-order valence-corrected chi connectivity index (χ0v) is 15.5. The first kappa shape index (κ1) is 19.3. The number of nitrogens with one attached hydrogen (secondary N) is 1. The summed E-state index contributed by atoms with van der Waals surface area (Å²) in [4.78, 5) is 25.8. The highest BCUT2D eigenvalue weighted by Gasteiger charge is 2.16. The highest BCUT2D eigenvalue weighted by Crippen LogP contribution is 2.28. The summed E-state index contributed by atoms with van der Waals surface area (Å²) in [6.07, 6.45) is 0. The molecule has 0 bridgehead atoms. The Balaban J connectivity index is 2.07. The summed E-state index contributed by atoms with van der Waals surface area (Å²) in [5.74, 6) is 0.662. The molecule has 138 valence electrons. The van der Waals surface area contributed by atoms with E-state index in [1.807, 2.05) is 31.2 Å². The van der Waals surface area contributed by atoms with Crippen LogP contribution in [0, 0.1) is 6.92 Å². The number of ether oxygens (including phenoxy) is 2. The maximum atomic E-state index is 12.4. The molecule has 2 rings (SSSR count). The molecule has 6 nitrogen and oxygen atoms in total. The second-order valence-electron chi connectivity index (χ2n) is 5.98. The Labute approximate surface area is 153 Å². The van der Waals surface area contributed by atoms with E-state index >= 15 is 0 Å². The quantitative estimate of drug-likeness (QED) is 0.828. The molecule has 26 heavy (non-hydrogen) atoms. The Morgan fingerprint density at radius 3 is 2.46 bits per heavy atom. The molecule has 0 unspecified atom stereocenters. The van der Waals surface area contributed by atoms with Crippen LogP contribution in [0.15, 0.2) is 42.5 Å². The molecule has 0 spiro atoms. The van der Waals surface area contributed by atoms with Crippen LogP contribution in [-0.2, 0) is 16.1 Å². The first-order valence-corrected chi connectivity index (χ1v) is 8.26. The summed E-state index contributed by atoms with van der Waals surface area (Å²) in [6.45, 7) is 3.78. The minimum atomic E-state index is -0.295. The Morgan fingerprint density at radius 2 is 1.85 bits per heavy atom. The number of benzene rings is 2. The van der Waals surface area contributed by atoms with Gasteiger partial charge in [-0.3, -0.25) is 9.59 Å². The van der Waals surface area contributed by atoms with Crippen molar-refractivity contribution in [3.8, 4) is 11.5 Å². The van der Waals surface area contributed by atoms with Gasteiger partial charge in [0.2, 0.25) is 11.8 Å². The number of anilines is 1. The molecule has 2 aromatic carbocycles. The lowest BCUT2D eigenvalue weighted by atomic mass is 10.1. The second kappa shape index (κ2) is 8.89. The molecule has 2 amide bonds. The summed E-state index contributed by atoms with van der Waals surface area (Å²) in [6, 6.07) is 13.0. The van der Waals surface area contributed by atoms with Crippen molar-refractivity contribution in [1.82, 2.24) is 4.90 Å². The van der Waals surface area contributed by atoms with Gasteiger partial charge >= 0.3 is 0 Å². The molecule has 0 fully saturated rings. The van der Waals surface area contributed by atoms with Crippen molar-refractivity contribution in [2.24, 2.45) is 0 Å².